The number of anilines is 2. The number of fused-ring (bicyclic) bond motifs is 1. The Balaban J connectivity index is 1.48. The number of sulfone groups is 1. The number of hydrogen-bond donors (Lipinski definition) is 2. The number of amides is 1. The van der Waals surface area contributed by atoms with Crippen LogP contribution >= 0.6 is 23.4 Å². The summed E-state index contributed by atoms with van der Waals surface area (Å²) in [5.74, 6) is 0.0482. The van der Waals surface area contributed by atoms with Gasteiger partial charge >= 0.3 is 0 Å². The maximum atomic E-state index is 12.6. The number of hydrogen-bond acceptors (Lipinski definition) is 6. The number of carbonyl (C=O) groups is 1. The molecule has 1 saturated heterocycles. The van der Waals surface area contributed by atoms with Crippen LogP contribution in [0.5, 0.6) is 0 Å². The third kappa shape index (κ3) is 4.19. The predicted octanol–water partition coefficient (Wildman–Crippen LogP) is 3.58. The fraction of sp³-hybridized carbons (Fsp3) is 0.263. The minimum atomic E-state index is -2.98. The van der Waals surface area contributed by atoms with E-state index in [0.717, 1.165) is 11.3 Å². The zero-order chi connectivity index (χ0) is 19.9. The topological polar surface area (TPSA) is 87.6 Å². The second-order valence-electron chi connectivity index (χ2n) is 6.85. The summed E-state index contributed by atoms with van der Waals surface area (Å²) in [7, 11) is -2.98. The van der Waals surface area contributed by atoms with Gasteiger partial charge in [-0.15, -0.1) is 0 Å². The minimum Gasteiger partial charge on any atom is -0.335 e. The van der Waals surface area contributed by atoms with Gasteiger partial charge in [-0.1, -0.05) is 29.4 Å². The molecular formula is C19H18ClN3O3S2. The molecule has 0 spiro atoms. The zero-order valence-corrected chi connectivity index (χ0v) is 17.4. The van der Waals surface area contributed by atoms with Gasteiger partial charge in [0, 0.05) is 27.2 Å². The normalized spacial score (nSPS) is 22.4. The Morgan fingerprint density at radius 1 is 1.18 bits per heavy atom. The number of aryl methyl sites for hydroxylation is 1. The van der Waals surface area contributed by atoms with Gasteiger partial charge in [-0.05, 0) is 48.9 Å². The summed E-state index contributed by atoms with van der Waals surface area (Å²) in [4.78, 5) is 17.1. The van der Waals surface area contributed by atoms with Crippen LogP contribution in [0, 0.1) is 6.92 Å². The van der Waals surface area contributed by atoms with Gasteiger partial charge in [-0.2, -0.15) is 0 Å². The number of aliphatic imine (C=N–C) groups is 1. The number of thioether (sulfide) groups is 1. The summed E-state index contributed by atoms with van der Waals surface area (Å²) in [6.07, 6.45) is 0. The van der Waals surface area contributed by atoms with E-state index in [1.807, 2.05) is 13.0 Å². The van der Waals surface area contributed by atoms with Crippen molar-refractivity contribution < 1.29 is 13.2 Å². The van der Waals surface area contributed by atoms with Crippen LogP contribution in [0.15, 0.2) is 47.5 Å². The molecule has 2 N–H and O–H groups in total. The van der Waals surface area contributed by atoms with Crippen LogP contribution in [-0.2, 0) is 9.84 Å². The molecule has 6 nitrogen and oxygen atoms in total. The van der Waals surface area contributed by atoms with Gasteiger partial charge in [-0.25, -0.2) is 8.42 Å². The van der Waals surface area contributed by atoms with Crippen molar-refractivity contribution in [1.82, 2.24) is 0 Å². The molecule has 2 atom stereocenters. The molecule has 0 saturated carbocycles. The quantitative estimate of drug-likeness (QED) is 0.769. The van der Waals surface area contributed by atoms with Crippen molar-refractivity contribution in [3.63, 3.8) is 0 Å². The molecule has 4 rings (SSSR count). The molecule has 0 unspecified atom stereocenters. The lowest BCUT2D eigenvalue weighted by molar-refractivity contribution is 0.102. The van der Waals surface area contributed by atoms with Crippen LogP contribution in [0.3, 0.4) is 0 Å². The van der Waals surface area contributed by atoms with Gasteiger partial charge in [0.05, 0.1) is 17.5 Å². The first-order valence-electron chi connectivity index (χ1n) is 8.68. The summed E-state index contributed by atoms with van der Waals surface area (Å²) >= 11 is 7.32. The molecule has 2 aliphatic heterocycles. The van der Waals surface area contributed by atoms with Crippen molar-refractivity contribution >= 4 is 55.6 Å². The molecule has 2 aromatic carbocycles. The Bertz CT molecular complexity index is 1070. The van der Waals surface area contributed by atoms with Crippen molar-refractivity contribution in [2.75, 3.05) is 22.1 Å². The van der Waals surface area contributed by atoms with Crippen LogP contribution in [0.1, 0.15) is 15.9 Å². The lowest BCUT2D eigenvalue weighted by atomic mass is 10.1. The van der Waals surface area contributed by atoms with Crippen molar-refractivity contribution in [3.8, 4) is 0 Å². The van der Waals surface area contributed by atoms with Gasteiger partial charge in [0.15, 0.2) is 15.0 Å². The number of nitrogens with one attached hydrogen (secondary N) is 2. The Kier molecular flexibility index (Phi) is 5.11. The SMILES string of the molecule is Cc1ccc(C(=O)Nc2ccc(Cl)cc2)cc1NC1=N[C@@H]2CS(=O)(=O)C[C@@H]2S1. The highest BCUT2D eigenvalue weighted by atomic mass is 35.5. The van der Waals surface area contributed by atoms with Crippen LogP contribution in [0.4, 0.5) is 11.4 Å². The predicted molar refractivity (Wildman–Crippen MR) is 115 cm³/mol. The van der Waals surface area contributed by atoms with Gasteiger partial charge in [-0.3, -0.25) is 9.79 Å². The van der Waals surface area contributed by atoms with E-state index in [0.29, 0.717) is 21.4 Å². The second kappa shape index (κ2) is 7.42. The number of amidine groups is 1. The highest BCUT2D eigenvalue weighted by molar-refractivity contribution is 8.15. The summed E-state index contributed by atoms with van der Waals surface area (Å²) in [5.41, 5.74) is 2.91. The van der Waals surface area contributed by atoms with Gasteiger partial charge < -0.3 is 10.6 Å². The Labute approximate surface area is 172 Å². The van der Waals surface area contributed by atoms with Crippen molar-refractivity contribution in [1.29, 1.82) is 0 Å². The molecule has 1 amide bonds. The molecule has 0 aromatic heterocycles. The van der Waals surface area contributed by atoms with Crippen LogP contribution < -0.4 is 10.6 Å². The van der Waals surface area contributed by atoms with Crippen molar-refractivity contribution in [2.24, 2.45) is 4.99 Å². The molecule has 9 heteroatoms. The average Bonchev–Trinajstić information content (AvgIpc) is 3.11. The average molecular weight is 436 g/mol. The summed E-state index contributed by atoms with van der Waals surface area (Å²) < 4.78 is 23.4. The first-order valence-corrected chi connectivity index (χ1v) is 11.8. The Morgan fingerprint density at radius 2 is 1.93 bits per heavy atom. The number of halogens is 1. The van der Waals surface area contributed by atoms with Gasteiger partial charge in [0.25, 0.3) is 5.91 Å². The van der Waals surface area contributed by atoms with Crippen LogP contribution in [-0.4, -0.2) is 42.3 Å². The van der Waals surface area contributed by atoms with Gasteiger partial charge in [0.1, 0.15) is 0 Å². The van der Waals surface area contributed by atoms with E-state index >= 15 is 0 Å². The Morgan fingerprint density at radius 3 is 2.64 bits per heavy atom. The highest BCUT2D eigenvalue weighted by Crippen LogP contribution is 2.35. The van der Waals surface area contributed by atoms with E-state index in [1.165, 1.54) is 11.8 Å². The molecule has 0 aliphatic carbocycles. The lowest BCUT2D eigenvalue weighted by Crippen LogP contribution is -2.14. The van der Waals surface area contributed by atoms with Crippen molar-refractivity contribution in [2.45, 2.75) is 18.2 Å². The maximum absolute atomic E-state index is 12.6. The minimum absolute atomic E-state index is 0.0239. The maximum Gasteiger partial charge on any atom is 0.255 e. The fourth-order valence-electron chi connectivity index (χ4n) is 3.17. The largest absolute Gasteiger partial charge is 0.335 e. The summed E-state index contributed by atoms with van der Waals surface area (Å²) in [5, 5.41) is 7.37. The van der Waals surface area contributed by atoms with Crippen LogP contribution in [0.2, 0.25) is 5.02 Å². The number of nitrogens with zero attached hydrogens (tertiary/aromatic N) is 1. The summed E-state index contributed by atoms with van der Waals surface area (Å²) in [6, 6.07) is 12.1. The number of benzene rings is 2. The van der Waals surface area contributed by atoms with E-state index in [-0.39, 0.29) is 28.7 Å². The first kappa shape index (κ1) is 19.3. The number of carbonyl (C=O) groups excluding carboxylic acids is 1. The molecule has 1 fully saturated rings. The summed E-state index contributed by atoms with van der Waals surface area (Å²) in [6.45, 7) is 1.94. The zero-order valence-electron chi connectivity index (χ0n) is 15.0. The Hall–Kier alpha value is -2.03. The van der Waals surface area contributed by atoms with Gasteiger partial charge in [0.2, 0.25) is 0 Å². The smallest absolute Gasteiger partial charge is 0.255 e. The second-order valence-corrected chi connectivity index (χ2v) is 10.7. The molecule has 0 bridgehead atoms. The molecule has 146 valence electrons. The molecule has 2 heterocycles. The fourth-order valence-corrected chi connectivity index (χ4v) is 6.96. The molecule has 0 radical (unpaired) electrons. The highest BCUT2D eigenvalue weighted by Gasteiger charge is 2.42. The third-order valence-electron chi connectivity index (χ3n) is 4.66. The van der Waals surface area contributed by atoms with E-state index in [4.69, 9.17) is 11.6 Å². The standard InChI is InChI=1S/C19H18ClN3O3S2/c1-11-2-3-12(18(24)21-14-6-4-13(20)5-7-14)8-15(11)22-19-23-16-9-28(25,26)10-17(16)27-19/h2-8,16-17H,9-10H2,1H3,(H,21,24)(H,22,23)/t16-,17+/m1/s1. The van der Waals surface area contributed by atoms with E-state index < -0.39 is 9.84 Å². The van der Waals surface area contributed by atoms with Crippen LogP contribution in [0.25, 0.3) is 0 Å². The molecular weight excluding hydrogens is 418 g/mol. The monoisotopic (exact) mass is 435 g/mol. The van der Waals surface area contributed by atoms with Crippen molar-refractivity contribution in [3.05, 3.63) is 58.6 Å². The van der Waals surface area contributed by atoms with E-state index in [9.17, 15) is 13.2 Å². The molecule has 2 aromatic rings. The first-order chi connectivity index (χ1) is 13.3. The lowest BCUT2D eigenvalue weighted by Gasteiger charge is -2.12. The molecule has 28 heavy (non-hydrogen) atoms. The third-order valence-corrected chi connectivity index (χ3v) is 8.06. The van der Waals surface area contributed by atoms with E-state index in [2.05, 4.69) is 15.6 Å². The number of rotatable bonds is 3. The molecule has 2 aliphatic rings. The van der Waals surface area contributed by atoms with E-state index in [1.54, 1.807) is 36.4 Å².